The van der Waals surface area contributed by atoms with Gasteiger partial charge in [-0.2, -0.15) is 0 Å². The molecule has 78 valence electrons. The van der Waals surface area contributed by atoms with Crippen LogP contribution in [-0.4, -0.2) is 23.7 Å². The van der Waals surface area contributed by atoms with Crippen LogP contribution in [0, 0.1) is 0 Å². The summed E-state index contributed by atoms with van der Waals surface area (Å²) < 4.78 is 24.9. The van der Waals surface area contributed by atoms with Gasteiger partial charge in [-0.1, -0.05) is 6.07 Å². The van der Waals surface area contributed by atoms with Gasteiger partial charge in [0.2, 0.25) is 0 Å². The van der Waals surface area contributed by atoms with E-state index in [0.717, 1.165) is 0 Å². The number of nitrogens with one attached hydrogen (secondary N) is 1. The van der Waals surface area contributed by atoms with Crippen LogP contribution < -0.4 is 5.32 Å². The molecule has 14 heavy (non-hydrogen) atoms. The number of aliphatic hydroxyl groups excluding tert-OH is 1. The summed E-state index contributed by atoms with van der Waals surface area (Å²) in [5, 5.41) is 12.2. The molecule has 1 atom stereocenters. The molecule has 2 N–H and O–H groups in total. The Morgan fingerprint density at radius 2 is 2.29 bits per heavy atom. The van der Waals surface area contributed by atoms with Crippen LogP contribution in [0.2, 0.25) is 0 Å². The number of aliphatic hydroxyl groups is 1. The number of hydrogen-bond acceptors (Lipinski definition) is 3. The van der Waals surface area contributed by atoms with Crippen LogP contribution in [0.4, 0.5) is 8.78 Å². The molecular weight excluding hydrogens is 190 g/mol. The summed E-state index contributed by atoms with van der Waals surface area (Å²) in [6, 6.07) is 2.98. The molecule has 0 saturated heterocycles. The van der Waals surface area contributed by atoms with Crippen molar-refractivity contribution in [2.45, 2.75) is 12.5 Å². The van der Waals surface area contributed by atoms with E-state index < -0.39 is 12.5 Å². The van der Waals surface area contributed by atoms with Crippen LogP contribution >= 0.6 is 0 Å². The van der Waals surface area contributed by atoms with Crippen LogP contribution in [0.1, 0.15) is 23.8 Å². The molecule has 1 unspecified atom stereocenters. The smallest absolute Gasteiger partial charge is 0.280 e. The number of pyridine rings is 1. The molecule has 0 amide bonds. The standard InChI is InChI=1S/C9H12F2N2O/c1-12-5-7(14)6-3-2-4-13-8(6)9(10)11/h2-4,7,9,12,14H,5H2,1H3. The Hall–Kier alpha value is -1.07. The highest BCUT2D eigenvalue weighted by Gasteiger charge is 2.18. The van der Waals surface area contributed by atoms with Crippen LogP contribution in [-0.2, 0) is 0 Å². The summed E-state index contributed by atoms with van der Waals surface area (Å²) in [5.41, 5.74) is -0.174. The summed E-state index contributed by atoms with van der Waals surface area (Å²) in [5.74, 6) is 0. The monoisotopic (exact) mass is 202 g/mol. The number of hydrogen-bond donors (Lipinski definition) is 2. The van der Waals surface area contributed by atoms with Crippen LogP contribution in [0.25, 0.3) is 0 Å². The number of alkyl halides is 2. The van der Waals surface area contributed by atoms with E-state index in [1.807, 2.05) is 0 Å². The third-order valence-electron chi connectivity index (χ3n) is 1.83. The fraction of sp³-hybridized carbons (Fsp3) is 0.444. The van der Waals surface area contributed by atoms with E-state index in [-0.39, 0.29) is 17.8 Å². The number of halogens is 2. The second-order valence-electron chi connectivity index (χ2n) is 2.85. The Kier molecular flexibility index (Phi) is 3.91. The van der Waals surface area contributed by atoms with Crippen molar-refractivity contribution >= 4 is 0 Å². The fourth-order valence-electron chi connectivity index (χ4n) is 1.20. The largest absolute Gasteiger partial charge is 0.387 e. The Morgan fingerprint density at radius 3 is 2.86 bits per heavy atom. The molecular formula is C9H12F2N2O. The third kappa shape index (κ3) is 2.46. The molecule has 1 heterocycles. The highest BCUT2D eigenvalue weighted by atomic mass is 19.3. The van der Waals surface area contributed by atoms with E-state index in [0.29, 0.717) is 0 Å². The predicted octanol–water partition coefficient (Wildman–Crippen LogP) is 1.27. The normalized spacial score (nSPS) is 13.2. The van der Waals surface area contributed by atoms with Crippen molar-refractivity contribution in [3.05, 3.63) is 29.6 Å². The highest BCUT2D eigenvalue weighted by molar-refractivity contribution is 5.23. The van der Waals surface area contributed by atoms with Gasteiger partial charge in [0.05, 0.1) is 6.10 Å². The molecule has 0 bridgehead atoms. The number of likely N-dealkylation sites (N-methyl/N-ethyl adjacent to an activating group) is 1. The van der Waals surface area contributed by atoms with E-state index in [2.05, 4.69) is 10.3 Å². The van der Waals surface area contributed by atoms with Gasteiger partial charge in [0.15, 0.2) is 0 Å². The Balaban J connectivity index is 2.94. The average molecular weight is 202 g/mol. The SMILES string of the molecule is CNCC(O)c1cccnc1C(F)F. The van der Waals surface area contributed by atoms with Crippen LogP contribution in [0.15, 0.2) is 18.3 Å². The van der Waals surface area contributed by atoms with Gasteiger partial charge in [0.1, 0.15) is 5.69 Å². The van der Waals surface area contributed by atoms with Crippen molar-refractivity contribution in [1.29, 1.82) is 0 Å². The van der Waals surface area contributed by atoms with Crippen LogP contribution in [0.3, 0.4) is 0 Å². The molecule has 0 aromatic carbocycles. The minimum atomic E-state index is -2.65. The predicted molar refractivity (Wildman–Crippen MR) is 48.1 cm³/mol. The van der Waals surface area contributed by atoms with Gasteiger partial charge in [0, 0.05) is 18.3 Å². The third-order valence-corrected chi connectivity index (χ3v) is 1.83. The average Bonchev–Trinajstić information content (AvgIpc) is 2.18. The quantitative estimate of drug-likeness (QED) is 0.772. The van der Waals surface area contributed by atoms with Crippen molar-refractivity contribution in [3.8, 4) is 0 Å². The molecule has 0 fully saturated rings. The molecule has 0 saturated carbocycles. The van der Waals surface area contributed by atoms with Gasteiger partial charge >= 0.3 is 0 Å². The second-order valence-corrected chi connectivity index (χ2v) is 2.85. The number of nitrogens with zero attached hydrogens (tertiary/aromatic N) is 1. The maximum absolute atomic E-state index is 12.4. The lowest BCUT2D eigenvalue weighted by atomic mass is 10.1. The molecule has 0 aliphatic carbocycles. The second kappa shape index (κ2) is 4.97. The van der Waals surface area contributed by atoms with Gasteiger partial charge in [-0.3, -0.25) is 4.98 Å². The van der Waals surface area contributed by atoms with E-state index in [9.17, 15) is 13.9 Å². The first kappa shape index (κ1) is 11.0. The Bertz CT molecular complexity index is 294. The van der Waals surface area contributed by atoms with E-state index in [1.165, 1.54) is 18.3 Å². The molecule has 1 aromatic rings. The molecule has 0 aliphatic heterocycles. The summed E-state index contributed by atoms with van der Waals surface area (Å²) in [7, 11) is 1.64. The maximum atomic E-state index is 12.4. The van der Waals surface area contributed by atoms with Crippen molar-refractivity contribution in [2.75, 3.05) is 13.6 Å². The number of rotatable bonds is 4. The lowest BCUT2D eigenvalue weighted by Gasteiger charge is -2.13. The molecule has 0 aliphatic rings. The first-order valence-corrected chi connectivity index (χ1v) is 4.22. The highest BCUT2D eigenvalue weighted by Crippen LogP contribution is 2.24. The summed E-state index contributed by atoms with van der Waals surface area (Å²) in [4.78, 5) is 3.54. The minimum Gasteiger partial charge on any atom is -0.387 e. The van der Waals surface area contributed by atoms with Gasteiger partial charge in [0.25, 0.3) is 6.43 Å². The zero-order chi connectivity index (χ0) is 10.6. The summed E-state index contributed by atoms with van der Waals surface area (Å²) in [6.07, 6.45) is -2.31. The van der Waals surface area contributed by atoms with Crippen molar-refractivity contribution in [3.63, 3.8) is 0 Å². The molecule has 1 rings (SSSR count). The molecule has 3 nitrogen and oxygen atoms in total. The van der Waals surface area contributed by atoms with Crippen LogP contribution in [0.5, 0.6) is 0 Å². The zero-order valence-corrected chi connectivity index (χ0v) is 7.74. The Morgan fingerprint density at radius 1 is 1.57 bits per heavy atom. The van der Waals surface area contributed by atoms with Gasteiger partial charge in [-0.15, -0.1) is 0 Å². The molecule has 5 heteroatoms. The maximum Gasteiger partial charge on any atom is 0.280 e. The van der Waals surface area contributed by atoms with Gasteiger partial charge in [-0.05, 0) is 13.1 Å². The Labute approximate surface area is 80.8 Å². The molecule has 0 spiro atoms. The van der Waals surface area contributed by atoms with Crippen molar-refractivity contribution in [1.82, 2.24) is 10.3 Å². The topological polar surface area (TPSA) is 45.1 Å². The van der Waals surface area contributed by atoms with Crippen molar-refractivity contribution < 1.29 is 13.9 Å². The van der Waals surface area contributed by atoms with Crippen molar-refractivity contribution in [2.24, 2.45) is 0 Å². The molecule has 1 aromatic heterocycles. The molecule has 0 radical (unpaired) electrons. The minimum absolute atomic E-state index is 0.178. The van der Waals surface area contributed by atoms with E-state index in [4.69, 9.17) is 0 Å². The van der Waals surface area contributed by atoms with Gasteiger partial charge in [-0.25, -0.2) is 8.78 Å². The summed E-state index contributed by atoms with van der Waals surface area (Å²) in [6.45, 7) is 0.228. The summed E-state index contributed by atoms with van der Waals surface area (Å²) >= 11 is 0. The zero-order valence-electron chi connectivity index (χ0n) is 7.74. The lowest BCUT2D eigenvalue weighted by molar-refractivity contribution is 0.131. The number of aromatic nitrogens is 1. The first-order chi connectivity index (χ1) is 6.66. The first-order valence-electron chi connectivity index (χ1n) is 4.22. The van der Waals surface area contributed by atoms with E-state index in [1.54, 1.807) is 7.05 Å². The lowest BCUT2D eigenvalue weighted by Crippen LogP contribution is -2.18. The van der Waals surface area contributed by atoms with E-state index >= 15 is 0 Å². The van der Waals surface area contributed by atoms with Gasteiger partial charge < -0.3 is 10.4 Å². The fourth-order valence-corrected chi connectivity index (χ4v) is 1.20.